The summed E-state index contributed by atoms with van der Waals surface area (Å²) in [4.78, 5) is 27.0. The van der Waals surface area contributed by atoms with E-state index in [-0.39, 0.29) is 30.0 Å². The van der Waals surface area contributed by atoms with Crippen molar-refractivity contribution in [1.29, 1.82) is 0 Å². The van der Waals surface area contributed by atoms with Crippen LogP contribution in [-0.2, 0) is 18.3 Å². The molecule has 9 heteroatoms. The van der Waals surface area contributed by atoms with Crippen LogP contribution in [0.3, 0.4) is 0 Å². The highest BCUT2D eigenvalue weighted by molar-refractivity contribution is 6.28. The van der Waals surface area contributed by atoms with Gasteiger partial charge in [0.1, 0.15) is 5.76 Å². The second-order valence-electron chi connectivity index (χ2n) is 4.00. The molecule has 0 aliphatic heterocycles. The Morgan fingerprint density at radius 2 is 2.24 bits per heavy atom. The highest BCUT2D eigenvalue weighted by Crippen LogP contribution is 2.09. The van der Waals surface area contributed by atoms with E-state index in [1.165, 1.54) is 10.7 Å². The molecule has 8 nitrogen and oxygen atoms in total. The van der Waals surface area contributed by atoms with Gasteiger partial charge in [-0.3, -0.25) is 4.79 Å². The van der Waals surface area contributed by atoms with E-state index < -0.39 is 11.9 Å². The molecule has 2 aromatic rings. The SMILES string of the molecule is CCOC(=O)c1ccc(CNC(=O)c2nc(Cl)n(C)n2)o1. The Labute approximate surface area is 125 Å². The van der Waals surface area contributed by atoms with E-state index in [1.807, 2.05) is 0 Å². The van der Waals surface area contributed by atoms with Gasteiger partial charge in [0.15, 0.2) is 0 Å². The minimum atomic E-state index is -0.548. The predicted octanol–water partition coefficient (Wildman–Crippen LogP) is 1.17. The van der Waals surface area contributed by atoms with Crippen LogP contribution >= 0.6 is 11.6 Å². The van der Waals surface area contributed by atoms with Gasteiger partial charge in [-0.05, 0) is 30.7 Å². The van der Waals surface area contributed by atoms with Gasteiger partial charge in [-0.25, -0.2) is 9.48 Å². The van der Waals surface area contributed by atoms with Crippen LogP contribution in [0.2, 0.25) is 5.28 Å². The third-order valence-electron chi connectivity index (χ3n) is 2.47. The molecule has 1 amide bonds. The summed E-state index contributed by atoms with van der Waals surface area (Å²) in [6.07, 6.45) is 0. The van der Waals surface area contributed by atoms with Crippen LogP contribution in [0.15, 0.2) is 16.5 Å². The lowest BCUT2D eigenvalue weighted by Crippen LogP contribution is -2.24. The largest absolute Gasteiger partial charge is 0.460 e. The molecule has 0 aliphatic carbocycles. The topological polar surface area (TPSA) is 99.2 Å². The number of nitrogens with zero attached hydrogens (tertiary/aromatic N) is 3. The quantitative estimate of drug-likeness (QED) is 0.832. The van der Waals surface area contributed by atoms with Crippen LogP contribution in [0.1, 0.15) is 33.9 Å². The van der Waals surface area contributed by atoms with Gasteiger partial charge in [0.05, 0.1) is 13.2 Å². The first-order valence-corrected chi connectivity index (χ1v) is 6.49. The van der Waals surface area contributed by atoms with E-state index >= 15 is 0 Å². The van der Waals surface area contributed by atoms with Gasteiger partial charge in [0.2, 0.25) is 16.9 Å². The maximum atomic E-state index is 11.8. The number of carbonyl (C=O) groups is 2. The zero-order valence-corrected chi connectivity index (χ0v) is 12.2. The number of amides is 1. The standard InChI is InChI=1S/C12H13ClN4O4/c1-3-20-11(19)8-5-4-7(21-8)6-14-10(18)9-15-12(13)17(2)16-9/h4-5H,3,6H2,1-2H3,(H,14,18). The van der Waals surface area contributed by atoms with Crippen molar-refractivity contribution in [3.05, 3.63) is 34.8 Å². The van der Waals surface area contributed by atoms with Crippen LogP contribution in [-0.4, -0.2) is 33.2 Å². The molecule has 21 heavy (non-hydrogen) atoms. The number of carbonyl (C=O) groups excluding carboxylic acids is 2. The molecule has 0 aromatic carbocycles. The van der Waals surface area contributed by atoms with Gasteiger partial charge in [0.25, 0.3) is 5.91 Å². The van der Waals surface area contributed by atoms with Gasteiger partial charge in [-0.1, -0.05) is 0 Å². The molecule has 0 saturated carbocycles. The van der Waals surface area contributed by atoms with Gasteiger partial charge < -0.3 is 14.5 Å². The number of rotatable bonds is 5. The molecule has 2 heterocycles. The Hall–Kier alpha value is -2.35. The van der Waals surface area contributed by atoms with E-state index in [4.69, 9.17) is 20.8 Å². The summed E-state index contributed by atoms with van der Waals surface area (Å²) < 4.78 is 11.3. The molecule has 0 radical (unpaired) electrons. The summed E-state index contributed by atoms with van der Waals surface area (Å²) in [7, 11) is 1.57. The van der Waals surface area contributed by atoms with E-state index in [0.717, 1.165) is 0 Å². The highest BCUT2D eigenvalue weighted by Gasteiger charge is 2.15. The summed E-state index contributed by atoms with van der Waals surface area (Å²) in [5, 5.41) is 6.51. The summed E-state index contributed by atoms with van der Waals surface area (Å²) in [5.41, 5.74) is 0. The number of hydrogen-bond acceptors (Lipinski definition) is 6. The zero-order chi connectivity index (χ0) is 15.4. The Morgan fingerprint density at radius 1 is 1.48 bits per heavy atom. The molecule has 0 unspecified atom stereocenters. The summed E-state index contributed by atoms with van der Waals surface area (Å²) >= 11 is 5.70. The molecule has 1 N–H and O–H groups in total. The molecule has 0 atom stereocenters. The van der Waals surface area contributed by atoms with Gasteiger partial charge >= 0.3 is 5.97 Å². The molecule has 0 bridgehead atoms. The van der Waals surface area contributed by atoms with Crippen molar-refractivity contribution in [2.75, 3.05) is 6.61 Å². The maximum absolute atomic E-state index is 11.8. The Morgan fingerprint density at radius 3 is 2.86 bits per heavy atom. The maximum Gasteiger partial charge on any atom is 0.374 e. The number of aryl methyl sites for hydroxylation is 1. The second kappa shape index (κ2) is 6.40. The van der Waals surface area contributed by atoms with Crippen molar-refractivity contribution < 1.29 is 18.7 Å². The van der Waals surface area contributed by atoms with Gasteiger partial charge in [-0.2, -0.15) is 4.98 Å². The van der Waals surface area contributed by atoms with Crippen molar-refractivity contribution >= 4 is 23.5 Å². The summed E-state index contributed by atoms with van der Waals surface area (Å²) in [6, 6.07) is 3.06. The van der Waals surface area contributed by atoms with Crippen molar-refractivity contribution in [3.8, 4) is 0 Å². The second-order valence-corrected chi connectivity index (χ2v) is 4.34. The minimum Gasteiger partial charge on any atom is -0.460 e. The molecular weight excluding hydrogens is 300 g/mol. The first kappa shape index (κ1) is 15.0. The molecule has 0 saturated heterocycles. The van der Waals surface area contributed by atoms with Crippen LogP contribution < -0.4 is 5.32 Å². The average molecular weight is 313 g/mol. The number of furan rings is 1. The van der Waals surface area contributed by atoms with Crippen molar-refractivity contribution in [1.82, 2.24) is 20.1 Å². The van der Waals surface area contributed by atoms with Gasteiger partial charge in [-0.15, -0.1) is 5.10 Å². The number of esters is 1. The number of nitrogens with one attached hydrogen (secondary N) is 1. The Bertz CT molecular complexity index is 645. The molecule has 112 valence electrons. The normalized spacial score (nSPS) is 10.4. The fourth-order valence-corrected chi connectivity index (χ4v) is 1.61. The lowest BCUT2D eigenvalue weighted by Gasteiger charge is -2.00. The molecule has 0 spiro atoms. The zero-order valence-electron chi connectivity index (χ0n) is 11.4. The number of ether oxygens (including phenoxy) is 1. The summed E-state index contributed by atoms with van der Waals surface area (Å²) in [5.74, 6) is -0.590. The van der Waals surface area contributed by atoms with Crippen molar-refractivity contribution in [2.45, 2.75) is 13.5 Å². The number of halogens is 1. The van der Waals surface area contributed by atoms with Gasteiger partial charge in [0, 0.05) is 7.05 Å². The summed E-state index contributed by atoms with van der Waals surface area (Å²) in [6.45, 7) is 2.05. The van der Waals surface area contributed by atoms with Crippen molar-refractivity contribution in [3.63, 3.8) is 0 Å². The molecule has 2 aromatic heterocycles. The van der Waals surface area contributed by atoms with E-state index in [0.29, 0.717) is 5.76 Å². The van der Waals surface area contributed by atoms with Crippen LogP contribution in [0.25, 0.3) is 0 Å². The molecule has 0 fully saturated rings. The number of aromatic nitrogens is 3. The monoisotopic (exact) mass is 312 g/mol. The molecule has 2 rings (SSSR count). The fourth-order valence-electron chi connectivity index (χ4n) is 1.49. The Balaban J connectivity index is 1.94. The lowest BCUT2D eigenvalue weighted by atomic mass is 10.4. The lowest BCUT2D eigenvalue weighted by molar-refractivity contribution is 0.0488. The van der Waals surface area contributed by atoms with E-state index in [1.54, 1.807) is 20.0 Å². The average Bonchev–Trinajstić information content (AvgIpc) is 3.04. The minimum absolute atomic E-state index is 0.0420. The third-order valence-corrected chi connectivity index (χ3v) is 2.80. The highest BCUT2D eigenvalue weighted by atomic mass is 35.5. The smallest absolute Gasteiger partial charge is 0.374 e. The van der Waals surface area contributed by atoms with E-state index in [9.17, 15) is 9.59 Å². The fraction of sp³-hybridized carbons (Fsp3) is 0.333. The first-order chi connectivity index (χ1) is 10.0. The van der Waals surface area contributed by atoms with Crippen LogP contribution in [0, 0.1) is 0 Å². The molecular formula is C12H13ClN4O4. The molecule has 0 aliphatic rings. The van der Waals surface area contributed by atoms with E-state index in [2.05, 4.69) is 15.4 Å². The number of hydrogen-bond donors (Lipinski definition) is 1. The van der Waals surface area contributed by atoms with Crippen molar-refractivity contribution in [2.24, 2.45) is 7.05 Å². The van der Waals surface area contributed by atoms with Crippen LogP contribution in [0.4, 0.5) is 0 Å². The third kappa shape index (κ3) is 3.60. The Kier molecular flexibility index (Phi) is 4.59. The van der Waals surface area contributed by atoms with Crippen LogP contribution in [0.5, 0.6) is 0 Å². The predicted molar refractivity (Wildman–Crippen MR) is 71.8 cm³/mol. The first-order valence-electron chi connectivity index (χ1n) is 6.11.